The number of imidazole rings is 1. The maximum Gasteiger partial charge on any atom is 0.251 e. The maximum absolute atomic E-state index is 14.5. The molecule has 24 heteroatoms. The molecule has 105 heavy (non-hydrogen) atoms. The Labute approximate surface area is 635 Å². The summed E-state index contributed by atoms with van der Waals surface area (Å²) in [6, 6.07) is 18.1. The second-order valence-corrected chi connectivity index (χ2v) is 30.9. The third-order valence-electron chi connectivity index (χ3n) is 23.0. The van der Waals surface area contributed by atoms with Gasteiger partial charge >= 0.3 is 0 Å². The monoisotopic (exact) mass is 1500 g/mol. The number of aromatic hydroxyl groups is 1. The molecule has 10 rings (SSSR count). The predicted octanol–water partition coefficient (Wildman–Crippen LogP) is 13.6. The van der Waals surface area contributed by atoms with E-state index in [0.29, 0.717) is 104 Å². The molecule has 0 bridgehead atoms. The average Bonchev–Trinajstić information content (AvgIpc) is 1.79. The fourth-order valence-electron chi connectivity index (χ4n) is 16.9. The highest BCUT2D eigenvalue weighted by atomic mass is 35.5. The van der Waals surface area contributed by atoms with E-state index in [1.165, 1.54) is 0 Å². The largest absolute Gasteiger partial charge is 0.507 e. The molecule has 3 aliphatic carbocycles. The van der Waals surface area contributed by atoms with E-state index in [2.05, 4.69) is 119 Å². The molecule has 3 aliphatic rings. The number of halogens is 3. The van der Waals surface area contributed by atoms with Gasteiger partial charge in [0, 0.05) is 179 Å². The predicted molar refractivity (Wildman–Crippen MR) is 430 cm³/mol. The second-order valence-electron chi connectivity index (χ2n) is 29.6. The van der Waals surface area contributed by atoms with E-state index >= 15 is 0 Å². The Kier molecular flexibility index (Phi) is 27.2. The summed E-state index contributed by atoms with van der Waals surface area (Å²) in [5.41, 5.74) is 11.2. The van der Waals surface area contributed by atoms with Crippen LogP contribution in [0.2, 0.25) is 15.1 Å². The van der Waals surface area contributed by atoms with Crippen LogP contribution in [0.3, 0.4) is 0 Å². The molecule has 3 fully saturated rings. The van der Waals surface area contributed by atoms with E-state index in [0.717, 1.165) is 166 Å². The van der Waals surface area contributed by atoms with Gasteiger partial charge in [-0.1, -0.05) is 34.8 Å². The van der Waals surface area contributed by atoms with Gasteiger partial charge in [0.15, 0.2) is 10.9 Å². The Balaban J connectivity index is 0.711. The number of carbonyl (C=O) groups is 3. The van der Waals surface area contributed by atoms with E-state index in [1.54, 1.807) is 48.9 Å². The summed E-state index contributed by atoms with van der Waals surface area (Å²) >= 11 is 20.5. The van der Waals surface area contributed by atoms with Crippen LogP contribution in [-0.4, -0.2) is 167 Å². The molecular formula is C81H112Cl3N15O6. The SMILES string of the molecule is CCNc1c(CNC(=O)c2cc(Cl)cc(N(CC)C3CCC(N(C)CCNc4[nH]c(C)cc(=O)c4CNC(=O)c4cc(Cl)cc(N(CC)C5CCC(N(C)C)CC5)c4C)CC3)c2C)c(=O)cc(C)n1CCN(C)C1CCC(N(CC)c2cc(Cl)cc(C(=O)NCc3c(O)cc(C)n4cncc34)c2C)CC1. The lowest BCUT2D eigenvalue weighted by Gasteiger charge is -2.41. The molecule has 7 N–H and O–H groups in total. The summed E-state index contributed by atoms with van der Waals surface area (Å²) in [6.45, 7) is 25.8. The molecule has 7 aromatic rings. The van der Waals surface area contributed by atoms with Gasteiger partial charge in [0.2, 0.25) is 0 Å². The molecule has 568 valence electrons. The molecule has 3 amide bonds. The number of aryl methyl sites for hydroxylation is 3. The summed E-state index contributed by atoms with van der Waals surface area (Å²) < 4.78 is 4.05. The number of carbonyl (C=O) groups excluding carboxylic acids is 3. The first-order valence-corrected chi connectivity index (χ1v) is 39.1. The van der Waals surface area contributed by atoms with Crippen molar-refractivity contribution in [1.82, 2.24) is 49.6 Å². The Bertz CT molecular complexity index is 4360. The van der Waals surface area contributed by atoms with Crippen molar-refractivity contribution >= 4 is 86.7 Å². The van der Waals surface area contributed by atoms with Crippen molar-refractivity contribution in [3.8, 4) is 5.75 Å². The number of nitrogens with one attached hydrogen (secondary N) is 6. The summed E-state index contributed by atoms with van der Waals surface area (Å²) in [5, 5.41) is 28.5. The van der Waals surface area contributed by atoms with Crippen molar-refractivity contribution < 1.29 is 19.5 Å². The number of aromatic nitrogens is 4. The minimum atomic E-state index is -0.304. The number of likely N-dealkylation sites (N-methyl/N-ethyl adjacent to an activating group) is 2. The lowest BCUT2D eigenvalue weighted by Crippen LogP contribution is -2.44. The minimum Gasteiger partial charge on any atom is -0.507 e. The molecule has 0 atom stereocenters. The van der Waals surface area contributed by atoms with E-state index < -0.39 is 0 Å². The molecule has 0 saturated heterocycles. The molecule has 0 spiro atoms. The lowest BCUT2D eigenvalue weighted by molar-refractivity contribution is 0.0942. The summed E-state index contributed by atoms with van der Waals surface area (Å²) in [6.07, 6.45) is 15.5. The molecule has 3 saturated carbocycles. The van der Waals surface area contributed by atoms with Crippen molar-refractivity contribution in [2.75, 3.05) is 99.3 Å². The highest BCUT2D eigenvalue weighted by Crippen LogP contribution is 2.39. The van der Waals surface area contributed by atoms with Gasteiger partial charge in [0.1, 0.15) is 17.4 Å². The molecule has 4 heterocycles. The number of nitrogens with zero attached hydrogens (tertiary/aromatic N) is 9. The van der Waals surface area contributed by atoms with Crippen molar-refractivity contribution in [1.29, 1.82) is 0 Å². The van der Waals surface area contributed by atoms with Crippen molar-refractivity contribution in [2.24, 2.45) is 0 Å². The summed E-state index contributed by atoms with van der Waals surface area (Å²) in [5.74, 6) is 0.542. The zero-order valence-corrected chi connectivity index (χ0v) is 66.5. The zero-order chi connectivity index (χ0) is 75.7. The van der Waals surface area contributed by atoms with Gasteiger partial charge in [-0.05, 0) is 234 Å². The number of benzene rings is 3. The zero-order valence-electron chi connectivity index (χ0n) is 64.2. The first-order valence-electron chi connectivity index (χ1n) is 37.9. The van der Waals surface area contributed by atoms with E-state index in [-0.39, 0.29) is 66.0 Å². The standard InChI is InChI=1S/C81H112Cl3N15O6/c1-15-86-78-69(76(102)36-50(6)98(78)34-33-94(14)60-23-29-63(30-24-60)97(18-4)71-42-55(82)38-64(52(71)8)79(103)88-44-67-73-47-85-48-99(73)51(7)37-75(67)101)46-90-81(105)66-40-57(84)43-72(54(66)10)96(17-3)62-27-21-59(22-28-62)93(13)32-31-87-77-68(74(100)35-49(5)91-77)45-89-80(104)65-39-56(83)41-70(53(65)9)95(16-2)61-25-19-58(20-26-61)92(11)12/h35-43,47-48,58-63,86,101H,15-34,44-46H2,1-14H3,(H,88,103)(H,89,104)(H,90,105)(H2,87,91,100). The van der Waals surface area contributed by atoms with Crippen LogP contribution in [0, 0.1) is 41.5 Å². The quantitative estimate of drug-likeness (QED) is 0.0222. The van der Waals surface area contributed by atoms with Gasteiger partial charge in [-0.15, -0.1) is 0 Å². The number of hydrogen-bond acceptors (Lipinski definition) is 15. The lowest BCUT2D eigenvalue weighted by atomic mass is 9.88. The molecule has 4 aromatic heterocycles. The molecule has 0 radical (unpaired) electrons. The summed E-state index contributed by atoms with van der Waals surface area (Å²) in [7, 11) is 8.64. The normalized spacial score (nSPS) is 18.4. The van der Waals surface area contributed by atoms with Crippen LogP contribution in [-0.2, 0) is 26.2 Å². The molecule has 3 aromatic carbocycles. The van der Waals surface area contributed by atoms with Crippen LogP contribution in [0.15, 0.2) is 76.7 Å². The number of rotatable bonds is 30. The van der Waals surface area contributed by atoms with Crippen LogP contribution in [0.25, 0.3) is 5.52 Å². The fraction of sp³-hybridized carbons (Fsp3) is 0.531. The molecule has 0 aliphatic heterocycles. The van der Waals surface area contributed by atoms with Crippen LogP contribution in [0.1, 0.15) is 186 Å². The Morgan fingerprint density at radius 2 is 0.943 bits per heavy atom. The molecule has 0 unspecified atom stereocenters. The first-order chi connectivity index (χ1) is 50.2. The van der Waals surface area contributed by atoms with Crippen molar-refractivity contribution in [3.63, 3.8) is 0 Å². The maximum atomic E-state index is 14.5. The molecule has 21 nitrogen and oxygen atoms in total. The number of aromatic amines is 1. The van der Waals surface area contributed by atoms with Crippen LogP contribution in [0.5, 0.6) is 5.75 Å². The Morgan fingerprint density at radius 1 is 0.524 bits per heavy atom. The van der Waals surface area contributed by atoms with E-state index in [9.17, 15) is 29.1 Å². The van der Waals surface area contributed by atoms with Gasteiger partial charge in [0.05, 0.1) is 42.3 Å². The van der Waals surface area contributed by atoms with Crippen LogP contribution < -0.4 is 52.1 Å². The minimum absolute atomic E-state index is 0.0241. The van der Waals surface area contributed by atoms with Crippen molar-refractivity contribution in [3.05, 3.63) is 170 Å². The molecular weight excluding hydrogens is 1390 g/mol. The average molecular weight is 1500 g/mol. The highest BCUT2D eigenvalue weighted by Gasteiger charge is 2.34. The third kappa shape index (κ3) is 18.4. The number of amides is 3. The summed E-state index contributed by atoms with van der Waals surface area (Å²) in [4.78, 5) is 92.0. The van der Waals surface area contributed by atoms with Crippen LogP contribution in [0.4, 0.5) is 28.7 Å². The number of hydrogen-bond donors (Lipinski definition) is 7. The van der Waals surface area contributed by atoms with Gasteiger partial charge in [0.25, 0.3) is 17.7 Å². The first kappa shape index (κ1) is 79.8. The third-order valence-corrected chi connectivity index (χ3v) is 23.6. The number of fused-ring (bicyclic) bond motifs is 1. The fourth-order valence-corrected chi connectivity index (χ4v) is 17.5. The Morgan fingerprint density at radius 3 is 1.39 bits per heavy atom. The highest BCUT2D eigenvalue weighted by molar-refractivity contribution is 6.32. The number of pyridine rings is 3. The van der Waals surface area contributed by atoms with E-state index in [4.69, 9.17) is 34.8 Å². The second kappa shape index (κ2) is 35.7. The van der Waals surface area contributed by atoms with Crippen LogP contribution >= 0.6 is 34.8 Å². The van der Waals surface area contributed by atoms with Gasteiger partial charge in [-0.3, -0.25) is 24.0 Å². The van der Waals surface area contributed by atoms with Gasteiger partial charge in [-0.2, -0.15) is 0 Å². The van der Waals surface area contributed by atoms with Crippen molar-refractivity contribution in [2.45, 2.75) is 209 Å². The Hall–Kier alpha value is -7.79. The number of H-pyrrole nitrogens is 1. The van der Waals surface area contributed by atoms with E-state index in [1.807, 2.05) is 71.1 Å². The number of anilines is 5. The smallest absolute Gasteiger partial charge is 0.251 e. The topological polar surface area (TPSA) is 223 Å². The van der Waals surface area contributed by atoms with Gasteiger partial charge < -0.3 is 75.0 Å². The van der Waals surface area contributed by atoms with Gasteiger partial charge in [-0.25, -0.2) is 4.98 Å².